The topological polar surface area (TPSA) is 113 Å². The maximum absolute atomic E-state index is 12.3. The van der Waals surface area contributed by atoms with Crippen molar-refractivity contribution in [3.05, 3.63) is 76.3 Å². The highest BCUT2D eigenvalue weighted by atomic mass is 16.6. The Morgan fingerprint density at radius 2 is 1.72 bits per heavy atom. The minimum absolute atomic E-state index is 0.0270. The van der Waals surface area contributed by atoms with E-state index in [1.165, 1.54) is 12.1 Å². The number of nitrogens with zero attached hydrogens (tertiary/aromatic N) is 2. The number of nitro benzene ring substituents is 1. The van der Waals surface area contributed by atoms with Crippen LogP contribution in [0.15, 0.2) is 60.7 Å². The van der Waals surface area contributed by atoms with Gasteiger partial charge in [-0.25, -0.2) is 0 Å². The van der Waals surface area contributed by atoms with Crippen LogP contribution in [0.1, 0.15) is 18.9 Å². The highest BCUT2D eigenvalue weighted by Gasteiger charge is 2.35. The predicted octanol–water partition coefficient (Wildman–Crippen LogP) is 3.99. The highest BCUT2D eigenvalue weighted by molar-refractivity contribution is 5.88. The number of benzene rings is 3. The second kappa shape index (κ2) is 9.65. The molecule has 3 rings (SSSR count). The monoisotopic (exact) mass is 438 g/mol. The Morgan fingerprint density at radius 3 is 2.31 bits per heavy atom. The molecule has 0 aliphatic carbocycles. The average Bonchev–Trinajstić information content (AvgIpc) is 2.80. The molecular formula is C24H26N2O6. The Bertz CT molecular complexity index is 1120. The standard InChI is InChI=1S/C24H26N2O6/c1-24(23(28)29,19-5-3-18-16-22(32-2)10-4-17(18)15-19)11-12-25(13-14-27)20-6-8-21(9-7-20)26(30)31/h3-10,15-16,27H,11-14H2,1-2H3,(H,28,29). The van der Waals surface area contributed by atoms with Gasteiger partial charge in [-0.15, -0.1) is 0 Å². The number of carbonyl (C=O) groups is 1. The van der Waals surface area contributed by atoms with Crippen LogP contribution in [0.25, 0.3) is 10.8 Å². The van der Waals surface area contributed by atoms with E-state index >= 15 is 0 Å². The van der Waals surface area contributed by atoms with E-state index in [0.717, 1.165) is 16.5 Å². The lowest BCUT2D eigenvalue weighted by Gasteiger charge is -2.31. The molecule has 3 aromatic rings. The summed E-state index contributed by atoms with van der Waals surface area (Å²) in [6, 6.07) is 17.2. The van der Waals surface area contributed by atoms with E-state index < -0.39 is 16.3 Å². The fourth-order valence-corrected chi connectivity index (χ4v) is 3.70. The summed E-state index contributed by atoms with van der Waals surface area (Å²) < 4.78 is 5.25. The molecule has 1 atom stereocenters. The van der Waals surface area contributed by atoms with Crippen molar-refractivity contribution >= 4 is 28.1 Å². The van der Waals surface area contributed by atoms with E-state index in [1.807, 2.05) is 41.3 Å². The number of carboxylic acid groups (broad SMARTS) is 1. The summed E-state index contributed by atoms with van der Waals surface area (Å²) >= 11 is 0. The third-order valence-corrected chi connectivity index (χ3v) is 5.83. The van der Waals surface area contributed by atoms with Gasteiger partial charge in [0, 0.05) is 30.9 Å². The summed E-state index contributed by atoms with van der Waals surface area (Å²) in [6.07, 6.45) is 0.279. The lowest BCUT2D eigenvalue weighted by molar-refractivity contribution is -0.384. The largest absolute Gasteiger partial charge is 0.497 e. The van der Waals surface area contributed by atoms with Gasteiger partial charge >= 0.3 is 5.97 Å². The third-order valence-electron chi connectivity index (χ3n) is 5.83. The Labute approximate surface area is 185 Å². The average molecular weight is 438 g/mol. The van der Waals surface area contributed by atoms with Gasteiger partial charge in [0.1, 0.15) is 5.75 Å². The number of rotatable bonds is 10. The molecular weight excluding hydrogens is 412 g/mol. The zero-order chi connectivity index (χ0) is 23.3. The van der Waals surface area contributed by atoms with E-state index in [1.54, 1.807) is 26.2 Å². The zero-order valence-corrected chi connectivity index (χ0v) is 18.0. The van der Waals surface area contributed by atoms with Gasteiger partial charge in [-0.1, -0.05) is 24.3 Å². The van der Waals surface area contributed by atoms with Crippen molar-refractivity contribution in [1.29, 1.82) is 0 Å². The number of aliphatic carboxylic acids is 1. The van der Waals surface area contributed by atoms with Crippen molar-refractivity contribution in [1.82, 2.24) is 0 Å². The maximum atomic E-state index is 12.3. The van der Waals surface area contributed by atoms with Crippen LogP contribution in [0.4, 0.5) is 11.4 Å². The van der Waals surface area contributed by atoms with Gasteiger partial charge in [0.2, 0.25) is 0 Å². The number of hydrogen-bond donors (Lipinski definition) is 2. The number of fused-ring (bicyclic) bond motifs is 1. The number of hydrogen-bond acceptors (Lipinski definition) is 6. The van der Waals surface area contributed by atoms with E-state index in [4.69, 9.17) is 4.74 Å². The number of carboxylic acids is 1. The van der Waals surface area contributed by atoms with Crippen LogP contribution < -0.4 is 9.64 Å². The molecule has 0 bridgehead atoms. The number of non-ortho nitro benzene ring substituents is 1. The van der Waals surface area contributed by atoms with Crippen molar-refractivity contribution in [3.63, 3.8) is 0 Å². The smallest absolute Gasteiger partial charge is 0.313 e. The number of ether oxygens (including phenoxy) is 1. The fraction of sp³-hybridized carbons (Fsp3) is 0.292. The zero-order valence-electron chi connectivity index (χ0n) is 18.0. The van der Waals surface area contributed by atoms with Crippen molar-refractivity contribution in [2.24, 2.45) is 0 Å². The molecule has 168 valence electrons. The van der Waals surface area contributed by atoms with Gasteiger partial charge in [0.05, 0.1) is 24.1 Å². The lowest BCUT2D eigenvalue weighted by atomic mass is 9.78. The minimum Gasteiger partial charge on any atom is -0.497 e. The van der Waals surface area contributed by atoms with E-state index in [9.17, 15) is 25.1 Å². The van der Waals surface area contributed by atoms with Crippen LogP contribution >= 0.6 is 0 Å². The highest BCUT2D eigenvalue weighted by Crippen LogP contribution is 2.33. The molecule has 0 aliphatic rings. The van der Waals surface area contributed by atoms with E-state index in [2.05, 4.69) is 0 Å². The fourth-order valence-electron chi connectivity index (χ4n) is 3.70. The molecule has 1 unspecified atom stereocenters. The van der Waals surface area contributed by atoms with Gasteiger partial charge in [0.15, 0.2) is 0 Å². The van der Waals surface area contributed by atoms with Gasteiger partial charge < -0.3 is 19.8 Å². The van der Waals surface area contributed by atoms with Gasteiger partial charge in [-0.05, 0) is 53.9 Å². The molecule has 0 spiro atoms. The van der Waals surface area contributed by atoms with Crippen molar-refractivity contribution in [3.8, 4) is 5.75 Å². The molecule has 32 heavy (non-hydrogen) atoms. The number of anilines is 1. The molecule has 2 N–H and O–H groups in total. The van der Waals surface area contributed by atoms with E-state index in [0.29, 0.717) is 17.8 Å². The molecule has 0 saturated carbocycles. The number of aliphatic hydroxyl groups is 1. The summed E-state index contributed by atoms with van der Waals surface area (Å²) in [6.45, 7) is 2.19. The molecule has 8 nitrogen and oxygen atoms in total. The summed E-state index contributed by atoms with van der Waals surface area (Å²) in [5.74, 6) is -0.216. The van der Waals surface area contributed by atoms with Crippen LogP contribution in [0, 0.1) is 10.1 Å². The minimum atomic E-state index is -1.16. The van der Waals surface area contributed by atoms with Crippen LogP contribution in [-0.4, -0.2) is 47.9 Å². The second-order valence-corrected chi connectivity index (χ2v) is 7.80. The molecule has 0 saturated heterocycles. The van der Waals surface area contributed by atoms with Gasteiger partial charge in [0.25, 0.3) is 5.69 Å². The first kappa shape index (κ1) is 23.0. The van der Waals surface area contributed by atoms with Crippen LogP contribution in [-0.2, 0) is 10.2 Å². The Balaban J connectivity index is 1.87. The van der Waals surface area contributed by atoms with Crippen molar-refractivity contribution < 1.29 is 24.7 Å². The first-order chi connectivity index (χ1) is 15.3. The number of aliphatic hydroxyl groups excluding tert-OH is 1. The molecule has 0 heterocycles. The Morgan fingerprint density at radius 1 is 1.06 bits per heavy atom. The normalized spacial score (nSPS) is 12.8. The van der Waals surface area contributed by atoms with Crippen LogP contribution in [0.3, 0.4) is 0 Å². The first-order valence-corrected chi connectivity index (χ1v) is 10.2. The van der Waals surface area contributed by atoms with Crippen molar-refractivity contribution in [2.45, 2.75) is 18.8 Å². The molecule has 0 radical (unpaired) electrons. The Kier molecular flexibility index (Phi) is 6.95. The maximum Gasteiger partial charge on any atom is 0.313 e. The second-order valence-electron chi connectivity index (χ2n) is 7.80. The van der Waals surface area contributed by atoms with Crippen LogP contribution in [0.5, 0.6) is 5.75 Å². The molecule has 0 amide bonds. The summed E-state index contributed by atoms with van der Waals surface area (Å²) in [5.41, 5.74) is 0.168. The van der Waals surface area contributed by atoms with E-state index in [-0.39, 0.29) is 25.3 Å². The summed E-state index contributed by atoms with van der Waals surface area (Å²) in [4.78, 5) is 24.6. The molecule has 0 aromatic heterocycles. The summed E-state index contributed by atoms with van der Waals surface area (Å²) in [5, 5.41) is 32.3. The first-order valence-electron chi connectivity index (χ1n) is 10.2. The van der Waals surface area contributed by atoms with Crippen molar-refractivity contribution in [2.75, 3.05) is 31.7 Å². The van der Waals surface area contributed by atoms with Crippen LogP contribution in [0.2, 0.25) is 0 Å². The predicted molar refractivity (Wildman–Crippen MR) is 123 cm³/mol. The molecule has 8 heteroatoms. The molecule has 3 aromatic carbocycles. The number of methoxy groups -OCH3 is 1. The summed E-state index contributed by atoms with van der Waals surface area (Å²) in [7, 11) is 1.60. The van der Waals surface area contributed by atoms with Gasteiger partial charge in [-0.2, -0.15) is 0 Å². The molecule has 0 fully saturated rings. The quantitative estimate of drug-likeness (QED) is 0.363. The SMILES string of the molecule is COc1ccc2cc(C(C)(CCN(CCO)c3ccc([N+](=O)[O-])cc3)C(=O)O)ccc2c1. The lowest BCUT2D eigenvalue weighted by Crippen LogP contribution is -2.38. The third kappa shape index (κ3) is 4.81. The Hall–Kier alpha value is -3.65. The van der Waals surface area contributed by atoms with Gasteiger partial charge in [-0.3, -0.25) is 14.9 Å². The number of nitro groups is 1. The molecule has 0 aliphatic heterocycles.